The summed E-state index contributed by atoms with van der Waals surface area (Å²) < 4.78 is 10.4. The lowest BCUT2D eigenvalue weighted by Gasteiger charge is -2.35. The van der Waals surface area contributed by atoms with E-state index in [4.69, 9.17) is 9.47 Å². The summed E-state index contributed by atoms with van der Waals surface area (Å²) in [4.78, 5) is 41.7. The number of hydrogen-bond donors (Lipinski definition) is 1. The van der Waals surface area contributed by atoms with Crippen molar-refractivity contribution in [2.24, 2.45) is 5.41 Å². The van der Waals surface area contributed by atoms with Gasteiger partial charge in [-0.25, -0.2) is 9.59 Å². The van der Waals surface area contributed by atoms with E-state index < -0.39 is 35.2 Å². The SMILES string of the molecule is COC(=O)C1CC(Sc2cccc3ccccc23)CN1C(=O)C(NC(=O)OC(C)(C)C)C(C)(C)C. The minimum atomic E-state index is -0.870. The van der Waals surface area contributed by atoms with Crippen LogP contribution in [0.4, 0.5) is 4.79 Å². The molecule has 1 aliphatic rings. The number of thioether (sulfide) groups is 1. The van der Waals surface area contributed by atoms with Crippen LogP contribution < -0.4 is 5.32 Å². The van der Waals surface area contributed by atoms with Gasteiger partial charge in [-0.15, -0.1) is 11.8 Å². The van der Waals surface area contributed by atoms with E-state index in [1.807, 2.05) is 39.0 Å². The number of rotatable bonds is 5. The summed E-state index contributed by atoms with van der Waals surface area (Å²) >= 11 is 1.66. The molecule has 3 atom stereocenters. The predicted molar refractivity (Wildman–Crippen MR) is 138 cm³/mol. The van der Waals surface area contributed by atoms with Crippen LogP contribution in [0.15, 0.2) is 47.4 Å². The normalized spacial score (nSPS) is 19.3. The molecule has 0 spiro atoms. The van der Waals surface area contributed by atoms with Crippen LogP contribution in [-0.4, -0.2) is 59.5 Å². The molecule has 1 aliphatic heterocycles. The fourth-order valence-corrected chi connectivity index (χ4v) is 5.55. The third-order valence-corrected chi connectivity index (χ3v) is 7.12. The number of nitrogens with one attached hydrogen (secondary N) is 1. The molecule has 0 saturated carbocycles. The number of methoxy groups -OCH3 is 1. The summed E-state index contributed by atoms with van der Waals surface area (Å²) in [5, 5.41) is 5.02. The van der Waals surface area contributed by atoms with Crippen molar-refractivity contribution in [3.63, 3.8) is 0 Å². The molecule has 1 saturated heterocycles. The number of alkyl carbamates (subject to hydrolysis) is 1. The number of ether oxygens (including phenoxy) is 2. The maximum atomic E-state index is 13.8. The highest BCUT2D eigenvalue weighted by atomic mass is 32.2. The minimum absolute atomic E-state index is 0.00370. The zero-order valence-corrected chi connectivity index (χ0v) is 22.4. The second kappa shape index (κ2) is 10.5. The molecule has 3 rings (SSSR count). The molecule has 1 fully saturated rings. The summed E-state index contributed by atoms with van der Waals surface area (Å²) in [5.74, 6) is -0.774. The van der Waals surface area contributed by atoms with Crippen LogP contribution >= 0.6 is 11.8 Å². The number of hydrogen-bond acceptors (Lipinski definition) is 6. The topological polar surface area (TPSA) is 84.9 Å². The van der Waals surface area contributed by atoms with E-state index in [-0.39, 0.29) is 11.2 Å². The van der Waals surface area contributed by atoms with E-state index in [0.29, 0.717) is 13.0 Å². The van der Waals surface area contributed by atoms with Gasteiger partial charge in [0.2, 0.25) is 5.91 Å². The summed E-state index contributed by atoms with van der Waals surface area (Å²) in [7, 11) is 1.33. The van der Waals surface area contributed by atoms with Crippen molar-refractivity contribution in [2.75, 3.05) is 13.7 Å². The van der Waals surface area contributed by atoms with Crippen LogP contribution in [0.2, 0.25) is 0 Å². The van der Waals surface area contributed by atoms with Gasteiger partial charge in [0.15, 0.2) is 0 Å². The zero-order chi connectivity index (χ0) is 26.0. The van der Waals surface area contributed by atoms with E-state index in [1.165, 1.54) is 7.11 Å². The van der Waals surface area contributed by atoms with Gasteiger partial charge in [-0.2, -0.15) is 0 Å². The molecule has 3 unspecified atom stereocenters. The van der Waals surface area contributed by atoms with Crippen LogP contribution in [-0.2, 0) is 19.1 Å². The fraction of sp³-hybridized carbons (Fsp3) is 0.519. The molecule has 0 aliphatic carbocycles. The Morgan fingerprint density at radius 2 is 1.69 bits per heavy atom. The monoisotopic (exact) mass is 500 g/mol. The summed E-state index contributed by atoms with van der Waals surface area (Å²) in [6, 6.07) is 12.7. The molecule has 190 valence electrons. The minimum Gasteiger partial charge on any atom is -0.467 e. The largest absolute Gasteiger partial charge is 0.467 e. The Morgan fingerprint density at radius 1 is 1.03 bits per heavy atom. The number of benzene rings is 2. The molecule has 0 radical (unpaired) electrons. The Morgan fingerprint density at radius 3 is 2.31 bits per heavy atom. The summed E-state index contributed by atoms with van der Waals surface area (Å²) in [6.07, 6.45) is -0.198. The van der Waals surface area contributed by atoms with Crippen molar-refractivity contribution in [1.82, 2.24) is 10.2 Å². The van der Waals surface area contributed by atoms with Gasteiger partial charge in [0.1, 0.15) is 17.7 Å². The summed E-state index contributed by atoms with van der Waals surface area (Å²) in [5.41, 5.74) is -1.30. The van der Waals surface area contributed by atoms with E-state index >= 15 is 0 Å². The first-order valence-corrected chi connectivity index (χ1v) is 12.7. The highest BCUT2D eigenvalue weighted by Crippen LogP contribution is 2.38. The van der Waals surface area contributed by atoms with Crippen molar-refractivity contribution in [3.8, 4) is 0 Å². The van der Waals surface area contributed by atoms with Crippen molar-refractivity contribution < 1.29 is 23.9 Å². The molecule has 1 heterocycles. The number of fused-ring (bicyclic) bond motifs is 1. The first-order valence-electron chi connectivity index (χ1n) is 11.8. The first-order chi connectivity index (χ1) is 16.3. The molecule has 0 aromatic heterocycles. The average Bonchev–Trinajstić information content (AvgIpc) is 3.18. The van der Waals surface area contributed by atoms with Crippen molar-refractivity contribution >= 4 is 40.5 Å². The molecular formula is C27H36N2O5S. The first kappa shape index (κ1) is 26.9. The van der Waals surface area contributed by atoms with Crippen LogP contribution in [0.25, 0.3) is 10.8 Å². The van der Waals surface area contributed by atoms with E-state index in [9.17, 15) is 14.4 Å². The molecule has 2 aromatic rings. The second-order valence-electron chi connectivity index (χ2n) is 10.9. The number of carbonyl (C=O) groups excluding carboxylic acids is 3. The van der Waals surface area contributed by atoms with Gasteiger partial charge in [-0.1, -0.05) is 57.2 Å². The quantitative estimate of drug-likeness (QED) is 0.581. The lowest BCUT2D eigenvalue weighted by molar-refractivity contribution is -0.152. The fourth-order valence-electron chi connectivity index (χ4n) is 4.20. The molecule has 0 bridgehead atoms. The number of carbonyl (C=O) groups is 3. The van der Waals surface area contributed by atoms with Crippen LogP contribution in [0.5, 0.6) is 0 Å². The lowest BCUT2D eigenvalue weighted by atomic mass is 9.85. The zero-order valence-electron chi connectivity index (χ0n) is 21.6. The Bertz CT molecular complexity index is 1080. The van der Waals surface area contributed by atoms with Crippen LogP contribution in [0.1, 0.15) is 48.0 Å². The highest BCUT2D eigenvalue weighted by molar-refractivity contribution is 8.00. The molecule has 2 amide bonds. The standard InChI is InChI=1S/C27H36N2O5S/c1-26(2,3)22(28-25(32)34-27(4,5)6)23(30)29-16-18(15-20(29)24(31)33-7)35-21-14-10-12-17-11-8-9-13-19(17)21/h8-14,18,20,22H,15-16H2,1-7H3,(H,28,32). The van der Waals surface area contributed by atoms with Gasteiger partial charge in [0.05, 0.1) is 7.11 Å². The third-order valence-electron chi connectivity index (χ3n) is 5.84. The number of likely N-dealkylation sites (tertiary alicyclic amines) is 1. The molecular weight excluding hydrogens is 464 g/mol. The maximum absolute atomic E-state index is 13.8. The average molecular weight is 501 g/mol. The number of esters is 1. The van der Waals surface area contributed by atoms with Crippen LogP contribution in [0.3, 0.4) is 0 Å². The Balaban J connectivity index is 1.85. The third kappa shape index (κ3) is 6.69. The molecule has 2 aromatic carbocycles. The van der Waals surface area contributed by atoms with Gasteiger partial charge in [0.25, 0.3) is 0 Å². The molecule has 7 nitrogen and oxygen atoms in total. The summed E-state index contributed by atoms with van der Waals surface area (Å²) in [6.45, 7) is 11.3. The Labute approximate surface area is 211 Å². The lowest BCUT2D eigenvalue weighted by Crippen LogP contribution is -2.57. The smallest absolute Gasteiger partial charge is 0.408 e. The van der Waals surface area contributed by atoms with E-state index in [0.717, 1.165) is 15.7 Å². The molecule has 8 heteroatoms. The van der Waals surface area contributed by atoms with E-state index in [2.05, 4.69) is 29.6 Å². The van der Waals surface area contributed by atoms with Crippen molar-refractivity contribution in [3.05, 3.63) is 42.5 Å². The molecule has 35 heavy (non-hydrogen) atoms. The van der Waals surface area contributed by atoms with Gasteiger partial charge < -0.3 is 19.7 Å². The van der Waals surface area contributed by atoms with Crippen molar-refractivity contribution in [2.45, 2.75) is 75.8 Å². The second-order valence-corrected chi connectivity index (χ2v) is 12.3. The van der Waals surface area contributed by atoms with E-state index in [1.54, 1.807) is 37.4 Å². The predicted octanol–water partition coefficient (Wildman–Crippen LogP) is 5.01. The van der Waals surface area contributed by atoms with Gasteiger partial charge in [-0.3, -0.25) is 4.79 Å². The molecule has 1 N–H and O–H groups in total. The number of nitrogens with zero attached hydrogens (tertiary/aromatic N) is 1. The van der Waals surface area contributed by atoms with Gasteiger partial charge >= 0.3 is 12.1 Å². The Hall–Kier alpha value is -2.74. The van der Waals surface area contributed by atoms with Crippen LogP contribution in [0, 0.1) is 5.41 Å². The van der Waals surface area contributed by atoms with Crippen molar-refractivity contribution in [1.29, 1.82) is 0 Å². The van der Waals surface area contributed by atoms with Gasteiger partial charge in [-0.05, 0) is 49.4 Å². The van der Waals surface area contributed by atoms with Gasteiger partial charge in [0, 0.05) is 16.7 Å². The maximum Gasteiger partial charge on any atom is 0.408 e. The number of amides is 2. The highest BCUT2D eigenvalue weighted by Gasteiger charge is 2.46. The Kier molecular flexibility index (Phi) is 8.04.